The fourth-order valence-corrected chi connectivity index (χ4v) is 5.12. The Morgan fingerprint density at radius 2 is 1.83 bits per heavy atom. The molecule has 0 aromatic heterocycles. The maximum absolute atomic E-state index is 13.2. The first kappa shape index (κ1) is 25.6. The van der Waals surface area contributed by atoms with Crippen molar-refractivity contribution in [1.29, 1.82) is 0 Å². The molecule has 2 aliphatic rings. The van der Waals surface area contributed by atoms with E-state index in [1.165, 1.54) is 30.2 Å². The van der Waals surface area contributed by atoms with E-state index >= 15 is 0 Å². The molecular weight excluding hydrogens is 581 g/mol. The molecule has 0 atom stereocenters. The summed E-state index contributed by atoms with van der Waals surface area (Å²) in [5, 5.41) is 13.1. The van der Waals surface area contributed by atoms with Crippen molar-refractivity contribution < 1.29 is 28.8 Å². The number of halogens is 1. The van der Waals surface area contributed by atoms with Crippen LogP contribution >= 0.6 is 22.6 Å². The number of imide groups is 2. The number of hydrogen-bond acceptors (Lipinski definition) is 7. The van der Waals surface area contributed by atoms with Crippen molar-refractivity contribution in [2.75, 3.05) is 7.11 Å². The fraction of sp³-hybridized carbons (Fsp3) is 0.320. The number of nitro groups is 1. The standard InChI is InChI=1S/C25H24IN3O7/c1-35-21-13-16(12-20(26)22(21)36-14-15-7-9-18(10-8-15)29(33)34)11-19-23(30)27-25(32)28(24(19)31)17-5-3-2-4-6-17/h7-13,17H,2-6,14H2,1H3,(H,27,30,32). The topological polar surface area (TPSA) is 128 Å². The molecule has 1 saturated heterocycles. The molecule has 2 aromatic rings. The second-order valence-electron chi connectivity index (χ2n) is 8.53. The number of nitrogens with zero attached hydrogens (tertiary/aromatic N) is 2. The van der Waals surface area contributed by atoms with Gasteiger partial charge in [0.2, 0.25) is 0 Å². The Bertz CT molecular complexity index is 1240. The number of non-ortho nitro benzene ring substituents is 1. The molecular formula is C25H24IN3O7. The van der Waals surface area contributed by atoms with Crippen molar-refractivity contribution in [2.45, 2.75) is 44.8 Å². The number of benzene rings is 2. The van der Waals surface area contributed by atoms with E-state index in [-0.39, 0.29) is 23.9 Å². The summed E-state index contributed by atoms with van der Waals surface area (Å²) in [5.74, 6) is -0.482. The number of carbonyl (C=O) groups is 3. The highest BCUT2D eigenvalue weighted by atomic mass is 127. The summed E-state index contributed by atoms with van der Waals surface area (Å²) in [6, 6.07) is 8.54. The van der Waals surface area contributed by atoms with Gasteiger partial charge in [0.05, 0.1) is 15.6 Å². The van der Waals surface area contributed by atoms with Crippen LogP contribution in [0.3, 0.4) is 0 Å². The van der Waals surface area contributed by atoms with Crippen LogP contribution in [-0.4, -0.2) is 40.8 Å². The average Bonchev–Trinajstić information content (AvgIpc) is 2.86. The van der Waals surface area contributed by atoms with E-state index in [0.717, 1.165) is 37.7 Å². The minimum atomic E-state index is -0.732. The number of hydrogen-bond donors (Lipinski definition) is 1. The summed E-state index contributed by atoms with van der Waals surface area (Å²) in [7, 11) is 1.48. The van der Waals surface area contributed by atoms with E-state index in [0.29, 0.717) is 20.6 Å². The Morgan fingerprint density at radius 1 is 1.14 bits per heavy atom. The third kappa shape index (κ3) is 5.50. The largest absolute Gasteiger partial charge is 0.493 e. The third-order valence-corrected chi connectivity index (χ3v) is 6.97. The first-order valence-electron chi connectivity index (χ1n) is 11.4. The minimum Gasteiger partial charge on any atom is -0.493 e. The number of rotatable bonds is 7. The maximum atomic E-state index is 13.2. The van der Waals surface area contributed by atoms with Crippen LogP contribution in [0.25, 0.3) is 6.08 Å². The molecule has 0 radical (unpaired) electrons. The zero-order chi connectivity index (χ0) is 25.8. The zero-order valence-corrected chi connectivity index (χ0v) is 21.6. The molecule has 2 fully saturated rings. The zero-order valence-electron chi connectivity index (χ0n) is 19.5. The molecule has 188 valence electrons. The summed E-state index contributed by atoms with van der Waals surface area (Å²) in [4.78, 5) is 49.7. The smallest absolute Gasteiger partial charge is 0.331 e. The highest BCUT2D eigenvalue weighted by molar-refractivity contribution is 14.1. The highest BCUT2D eigenvalue weighted by Gasteiger charge is 2.40. The predicted molar refractivity (Wildman–Crippen MR) is 138 cm³/mol. The van der Waals surface area contributed by atoms with Crippen molar-refractivity contribution in [1.82, 2.24) is 10.2 Å². The third-order valence-electron chi connectivity index (χ3n) is 6.17. The van der Waals surface area contributed by atoms with E-state index in [1.54, 1.807) is 24.3 Å². The SMILES string of the molecule is COc1cc(C=C2C(=O)NC(=O)N(C3CCCCC3)C2=O)cc(I)c1OCc1ccc([N+](=O)[O-])cc1. The Morgan fingerprint density at radius 3 is 2.47 bits per heavy atom. The molecule has 1 heterocycles. The molecule has 2 aromatic carbocycles. The van der Waals surface area contributed by atoms with Gasteiger partial charge in [-0.05, 0) is 76.9 Å². The van der Waals surface area contributed by atoms with Crippen LogP contribution in [-0.2, 0) is 16.2 Å². The van der Waals surface area contributed by atoms with Crippen LogP contribution < -0.4 is 14.8 Å². The van der Waals surface area contributed by atoms with E-state index < -0.39 is 22.8 Å². The van der Waals surface area contributed by atoms with Gasteiger partial charge >= 0.3 is 6.03 Å². The van der Waals surface area contributed by atoms with Gasteiger partial charge in [0, 0.05) is 18.2 Å². The van der Waals surface area contributed by atoms with Gasteiger partial charge in [0.25, 0.3) is 17.5 Å². The fourth-order valence-electron chi connectivity index (χ4n) is 4.34. The lowest BCUT2D eigenvalue weighted by atomic mass is 9.93. The summed E-state index contributed by atoms with van der Waals surface area (Å²) in [6.45, 7) is 0.157. The summed E-state index contributed by atoms with van der Waals surface area (Å²) in [6.07, 6.45) is 5.85. The number of carbonyl (C=O) groups excluding carboxylic acids is 3. The van der Waals surface area contributed by atoms with Gasteiger partial charge in [0.1, 0.15) is 12.2 Å². The maximum Gasteiger partial charge on any atom is 0.331 e. The Hall–Kier alpha value is -3.48. The van der Waals surface area contributed by atoms with Gasteiger partial charge in [-0.1, -0.05) is 19.3 Å². The van der Waals surface area contributed by atoms with Crippen LogP contribution in [0.2, 0.25) is 0 Å². The van der Waals surface area contributed by atoms with Crippen LogP contribution in [0.5, 0.6) is 11.5 Å². The molecule has 4 rings (SSSR count). The quantitative estimate of drug-likeness (QED) is 0.161. The number of ether oxygens (including phenoxy) is 2. The molecule has 4 amide bonds. The lowest BCUT2D eigenvalue weighted by molar-refractivity contribution is -0.384. The molecule has 1 N–H and O–H groups in total. The lowest BCUT2D eigenvalue weighted by Crippen LogP contribution is -2.58. The van der Waals surface area contributed by atoms with Crippen LogP contribution in [0.4, 0.5) is 10.5 Å². The molecule has 1 saturated carbocycles. The molecule has 0 bridgehead atoms. The van der Waals surface area contributed by atoms with E-state index in [9.17, 15) is 24.5 Å². The molecule has 1 aliphatic heterocycles. The first-order valence-corrected chi connectivity index (χ1v) is 12.5. The molecule has 11 heteroatoms. The van der Waals surface area contributed by atoms with Crippen molar-refractivity contribution in [3.63, 3.8) is 0 Å². The van der Waals surface area contributed by atoms with Gasteiger partial charge in [-0.15, -0.1) is 0 Å². The second-order valence-corrected chi connectivity index (χ2v) is 9.69. The first-order chi connectivity index (χ1) is 17.3. The van der Waals surface area contributed by atoms with Crippen molar-refractivity contribution in [3.05, 3.63) is 66.8 Å². The number of nitro benzene ring substituents is 1. The predicted octanol–water partition coefficient (Wildman–Crippen LogP) is 4.58. The molecule has 10 nitrogen and oxygen atoms in total. The van der Waals surface area contributed by atoms with E-state index in [1.807, 2.05) is 0 Å². The lowest BCUT2D eigenvalue weighted by Gasteiger charge is -2.35. The molecule has 0 spiro atoms. The van der Waals surface area contributed by atoms with Crippen LogP contribution in [0, 0.1) is 13.7 Å². The van der Waals surface area contributed by atoms with Crippen molar-refractivity contribution >= 4 is 52.2 Å². The summed E-state index contributed by atoms with van der Waals surface area (Å²) >= 11 is 2.07. The minimum absolute atomic E-state index is 0.00616. The highest BCUT2D eigenvalue weighted by Crippen LogP contribution is 2.36. The number of methoxy groups -OCH3 is 1. The molecule has 36 heavy (non-hydrogen) atoms. The van der Waals surface area contributed by atoms with Crippen molar-refractivity contribution in [3.8, 4) is 11.5 Å². The number of barbiturate groups is 1. The van der Waals surface area contributed by atoms with Crippen LogP contribution in [0.1, 0.15) is 43.2 Å². The second kappa shape index (κ2) is 11.1. The van der Waals surface area contributed by atoms with Gasteiger partial charge in [-0.3, -0.25) is 29.9 Å². The number of urea groups is 1. The monoisotopic (exact) mass is 605 g/mol. The Labute approximate surface area is 220 Å². The van der Waals surface area contributed by atoms with Crippen molar-refractivity contribution in [2.24, 2.45) is 0 Å². The Balaban J connectivity index is 1.56. The van der Waals surface area contributed by atoms with E-state index in [4.69, 9.17) is 9.47 Å². The molecule has 1 aliphatic carbocycles. The molecule has 0 unspecified atom stereocenters. The number of nitrogens with one attached hydrogen (secondary N) is 1. The van der Waals surface area contributed by atoms with Crippen LogP contribution in [0.15, 0.2) is 42.0 Å². The van der Waals surface area contributed by atoms with Gasteiger partial charge < -0.3 is 9.47 Å². The van der Waals surface area contributed by atoms with Gasteiger partial charge in [-0.2, -0.15) is 0 Å². The summed E-state index contributed by atoms with van der Waals surface area (Å²) < 4.78 is 12.1. The average molecular weight is 605 g/mol. The normalized spacial score (nSPS) is 17.8. The number of amides is 4. The summed E-state index contributed by atoms with van der Waals surface area (Å²) in [5.41, 5.74) is 1.16. The Kier molecular flexibility index (Phi) is 7.87. The van der Waals surface area contributed by atoms with Gasteiger partial charge in [0.15, 0.2) is 11.5 Å². The van der Waals surface area contributed by atoms with Gasteiger partial charge in [-0.25, -0.2) is 4.79 Å². The van der Waals surface area contributed by atoms with E-state index in [2.05, 4.69) is 27.9 Å².